The van der Waals surface area contributed by atoms with Gasteiger partial charge in [0.25, 0.3) is 0 Å². The molecule has 0 N–H and O–H groups in total. The van der Waals surface area contributed by atoms with E-state index in [1.165, 1.54) is 12.2 Å². The van der Waals surface area contributed by atoms with Crippen molar-refractivity contribution in [2.45, 2.75) is 20.3 Å². The molecular formula is C11H17BrO4. The molecule has 0 bridgehead atoms. The Kier molecular flexibility index (Phi) is 8.90. The summed E-state index contributed by atoms with van der Waals surface area (Å²) in [5, 5.41) is 0.587. The third-order valence-corrected chi connectivity index (χ3v) is 2.66. The predicted octanol–water partition coefficient (Wildman–Crippen LogP) is 2.07. The molecule has 0 aliphatic rings. The van der Waals surface area contributed by atoms with Crippen molar-refractivity contribution in [2.24, 2.45) is 5.92 Å². The van der Waals surface area contributed by atoms with Crippen molar-refractivity contribution in [3.8, 4) is 0 Å². The van der Waals surface area contributed by atoms with Gasteiger partial charge in [-0.15, -0.1) is 0 Å². The summed E-state index contributed by atoms with van der Waals surface area (Å²) in [6.45, 7) is 4.08. The number of carbonyl (C=O) groups is 2. The van der Waals surface area contributed by atoms with Gasteiger partial charge in [-0.3, -0.25) is 4.79 Å². The molecule has 0 radical (unpaired) electrons. The van der Waals surface area contributed by atoms with Crippen molar-refractivity contribution in [3.05, 3.63) is 12.2 Å². The highest BCUT2D eigenvalue weighted by atomic mass is 79.9. The number of esters is 2. The molecule has 0 saturated heterocycles. The van der Waals surface area contributed by atoms with E-state index in [4.69, 9.17) is 4.74 Å². The number of halogens is 1. The van der Waals surface area contributed by atoms with Gasteiger partial charge in [-0.05, 0) is 19.4 Å². The van der Waals surface area contributed by atoms with E-state index in [0.29, 0.717) is 11.9 Å². The molecule has 16 heavy (non-hydrogen) atoms. The van der Waals surface area contributed by atoms with Crippen molar-refractivity contribution >= 4 is 27.9 Å². The van der Waals surface area contributed by atoms with Gasteiger partial charge in [-0.1, -0.05) is 22.9 Å². The lowest BCUT2D eigenvalue weighted by Crippen LogP contribution is -2.18. The van der Waals surface area contributed by atoms with Crippen LogP contribution in [0.4, 0.5) is 0 Å². The molecule has 92 valence electrons. The van der Waals surface area contributed by atoms with E-state index in [2.05, 4.69) is 20.7 Å². The summed E-state index contributed by atoms with van der Waals surface area (Å²) in [6, 6.07) is 0. The highest BCUT2D eigenvalue weighted by Crippen LogP contribution is 2.08. The minimum atomic E-state index is -0.425. The Morgan fingerprint density at radius 2 is 2.00 bits per heavy atom. The standard InChI is InChI=1S/C11H17BrO4/c1-3-9(8-12)11(14)16-7-5-6-10(13)15-4-2/h5-6,9H,3-4,7-8H2,1-2H3/b6-5+/t9-/m1/s1. The topological polar surface area (TPSA) is 52.6 Å². The van der Waals surface area contributed by atoms with Crippen molar-refractivity contribution in [1.82, 2.24) is 0 Å². The lowest BCUT2D eigenvalue weighted by Gasteiger charge is -2.09. The Balaban J connectivity index is 3.80. The maximum atomic E-state index is 11.4. The summed E-state index contributed by atoms with van der Waals surface area (Å²) in [7, 11) is 0. The zero-order valence-electron chi connectivity index (χ0n) is 9.57. The average molecular weight is 293 g/mol. The van der Waals surface area contributed by atoms with Crippen molar-refractivity contribution in [2.75, 3.05) is 18.5 Å². The lowest BCUT2D eigenvalue weighted by atomic mass is 10.1. The van der Waals surface area contributed by atoms with Gasteiger partial charge in [0.1, 0.15) is 6.61 Å². The van der Waals surface area contributed by atoms with Gasteiger partial charge in [-0.25, -0.2) is 4.79 Å². The molecule has 0 aromatic rings. The maximum Gasteiger partial charge on any atom is 0.330 e. The zero-order chi connectivity index (χ0) is 12.4. The van der Waals surface area contributed by atoms with Gasteiger partial charge in [0.15, 0.2) is 0 Å². The van der Waals surface area contributed by atoms with Crippen LogP contribution in [0.1, 0.15) is 20.3 Å². The Labute approximate surface area is 104 Å². The largest absolute Gasteiger partial charge is 0.463 e. The summed E-state index contributed by atoms with van der Waals surface area (Å²) in [4.78, 5) is 22.3. The van der Waals surface area contributed by atoms with Crippen molar-refractivity contribution < 1.29 is 19.1 Å². The van der Waals surface area contributed by atoms with Crippen LogP contribution in [0.5, 0.6) is 0 Å². The van der Waals surface area contributed by atoms with Crippen LogP contribution in [-0.4, -0.2) is 30.5 Å². The average Bonchev–Trinajstić information content (AvgIpc) is 2.26. The molecule has 0 fully saturated rings. The SMILES string of the molecule is CCOC(=O)/C=C/COC(=O)[C@H](CC)CBr. The second-order valence-corrected chi connectivity index (χ2v) is 3.69. The van der Waals surface area contributed by atoms with E-state index in [9.17, 15) is 9.59 Å². The van der Waals surface area contributed by atoms with Gasteiger partial charge in [-0.2, -0.15) is 0 Å². The second-order valence-electron chi connectivity index (χ2n) is 3.04. The first kappa shape index (κ1) is 15.2. The number of hydrogen-bond acceptors (Lipinski definition) is 4. The second kappa shape index (κ2) is 9.39. The molecular weight excluding hydrogens is 276 g/mol. The molecule has 0 aliphatic heterocycles. The summed E-state index contributed by atoms with van der Waals surface area (Å²) in [5.41, 5.74) is 0. The van der Waals surface area contributed by atoms with E-state index in [0.717, 1.165) is 6.42 Å². The summed E-state index contributed by atoms with van der Waals surface area (Å²) in [6.07, 6.45) is 3.45. The van der Waals surface area contributed by atoms with Crippen LogP contribution in [0.3, 0.4) is 0 Å². The van der Waals surface area contributed by atoms with Crippen LogP contribution in [0.25, 0.3) is 0 Å². The van der Waals surface area contributed by atoms with Crippen LogP contribution >= 0.6 is 15.9 Å². The first-order valence-electron chi connectivity index (χ1n) is 5.21. The summed E-state index contributed by atoms with van der Waals surface area (Å²) in [5.74, 6) is -0.810. The first-order valence-corrected chi connectivity index (χ1v) is 6.33. The van der Waals surface area contributed by atoms with E-state index >= 15 is 0 Å². The highest BCUT2D eigenvalue weighted by Gasteiger charge is 2.15. The third-order valence-electron chi connectivity index (χ3n) is 1.87. The van der Waals surface area contributed by atoms with Crippen LogP contribution < -0.4 is 0 Å². The van der Waals surface area contributed by atoms with E-state index in [-0.39, 0.29) is 18.5 Å². The normalized spacial score (nSPS) is 12.4. The molecule has 0 heterocycles. The number of alkyl halides is 1. The van der Waals surface area contributed by atoms with Gasteiger partial charge >= 0.3 is 11.9 Å². The molecule has 0 aromatic heterocycles. The molecule has 0 aromatic carbocycles. The monoisotopic (exact) mass is 292 g/mol. The maximum absolute atomic E-state index is 11.4. The number of carbonyl (C=O) groups excluding carboxylic acids is 2. The zero-order valence-corrected chi connectivity index (χ0v) is 11.2. The van der Waals surface area contributed by atoms with E-state index in [1.54, 1.807) is 6.92 Å². The molecule has 0 rings (SSSR count). The van der Waals surface area contributed by atoms with Gasteiger partial charge < -0.3 is 9.47 Å². The van der Waals surface area contributed by atoms with Crippen LogP contribution in [0.2, 0.25) is 0 Å². The van der Waals surface area contributed by atoms with Gasteiger partial charge in [0, 0.05) is 11.4 Å². The summed E-state index contributed by atoms with van der Waals surface area (Å²) >= 11 is 3.24. The minimum Gasteiger partial charge on any atom is -0.463 e. The molecule has 0 spiro atoms. The molecule has 1 atom stereocenters. The molecule has 4 nitrogen and oxygen atoms in total. The van der Waals surface area contributed by atoms with Crippen molar-refractivity contribution in [1.29, 1.82) is 0 Å². The van der Waals surface area contributed by atoms with Gasteiger partial charge in [0.2, 0.25) is 0 Å². The van der Waals surface area contributed by atoms with E-state index < -0.39 is 5.97 Å². The first-order chi connectivity index (χ1) is 7.65. The lowest BCUT2D eigenvalue weighted by molar-refractivity contribution is -0.146. The molecule has 0 unspecified atom stereocenters. The Morgan fingerprint density at radius 3 is 2.50 bits per heavy atom. The Bertz CT molecular complexity index is 246. The van der Waals surface area contributed by atoms with E-state index in [1.807, 2.05) is 6.92 Å². The molecule has 0 aliphatic carbocycles. The van der Waals surface area contributed by atoms with Crippen LogP contribution in [0, 0.1) is 5.92 Å². The van der Waals surface area contributed by atoms with Gasteiger partial charge in [0.05, 0.1) is 12.5 Å². The smallest absolute Gasteiger partial charge is 0.330 e. The highest BCUT2D eigenvalue weighted by molar-refractivity contribution is 9.09. The van der Waals surface area contributed by atoms with Crippen LogP contribution in [0.15, 0.2) is 12.2 Å². The fraction of sp³-hybridized carbons (Fsp3) is 0.636. The molecule has 5 heteroatoms. The quantitative estimate of drug-likeness (QED) is 0.409. The third kappa shape index (κ3) is 6.61. The predicted molar refractivity (Wildman–Crippen MR) is 64.3 cm³/mol. The molecule has 0 amide bonds. The molecule has 0 saturated carbocycles. The summed E-state index contributed by atoms with van der Waals surface area (Å²) < 4.78 is 9.62. The van der Waals surface area contributed by atoms with Crippen LogP contribution in [-0.2, 0) is 19.1 Å². The fourth-order valence-electron chi connectivity index (χ4n) is 0.922. The Hall–Kier alpha value is -0.840. The number of hydrogen-bond donors (Lipinski definition) is 0. The minimum absolute atomic E-state index is 0.0984. The Morgan fingerprint density at radius 1 is 1.31 bits per heavy atom. The number of ether oxygens (including phenoxy) is 2. The fourth-order valence-corrected chi connectivity index (χ4v) is 1.64. The van der Waals surface area contributed by atoms with Crippen molar-refractivity contribution in [3.63, 3.8) is 0 Å². The number of rotatable bonds is 7.